The summed E-state index contributed by atoms with van der Waals surface area (Å²) in [6.45, 7) is 9.60. The first-order valence-electron chi connectivity index (χ1n) is 11.0. The van der Waals surface area contributed by atoms with E-state index in [-0.39, 0.29) is 5.41 Å². The number of carbonyl (C=O) groups excluding carboxylic acids is 1. The molecule has 158 valence electrons. The number of nitrogens with zero attached hydrogens (tertiary/aromatic N) is 6. The molecule has 1 atom stereocenters. The Morgan fingerprint density at radius 2 is 1.83 bits per heavy atom. The Bertz CT molecular complexity index is 862. The van der Waals surface area contributed by atoms with Gasteiger partial charge in [0.15, 0.2) is 11.5 Å². The van der Waals surface area contributed by atoms with Gasteiger partial charge in [-0.1, -0.05) is 27.2 Å². The Morgan fingerprint density at radius 1 is 1.07 bits per heavy atom. The molecule has 29 heavy (non-hydrogen) atoms. The van der Waals surface area contributed by atoms with E-state index >= 15 is 0 Å². The van der Waals surface area contributed by atoms with E-state index in [0.717, 1.165) is 68.9 Å². The molecule has 0 bridgehead atoms. The number of hydrogen-bond acceptors (Lipinski definition) is 5. The Balaban J connectivity index is 1.42. The minimum Gasteiger partial charge on any atom is -0.341 e. The third kappa shape index (κ3) is 4.29. The molecular formula is C22H34N6O. The molecule has 4 rings (SSSR count). The maximum absolute atomic E-state index is 12.2. The van der Waals surface area contributed by atoms with Gasteiger partial charge in [-0.15, -0.1) is 10.2 Å². The molecule has 2 aromatic heterocycles. The van der Waals surface area contributed by atoms with Gasteiger partial charge in [-0.3, -0.25) is 4.79 Å². The summed E-state index contributed by atoms with van der Waals surface area (Å²) in [5.41, 5.74) is 1.89. The summed E-state index contributed by atoms with van der Waals surface area (Å²) in [6.07, 6.45) is 6.14. The molecule has 2 aliphatic heterocycles. The predicted octanol–water partition coefficient (Wildman–Crippen LogP) is 3.00. The van der Waals surface area contributed by atoms with E-state index in [1.54, 1.807) is 0 Å². The molecule has 1 amide bonds. The van der Waals surface area contributed by atoms with Crippen LogP contribution in [0.15, 0.2) is 12.1 Å². The Morgan fingerprint density at radius 3 is 2.55 bits per heavy atom. The van der Waals surface area contributed by atoms with Gasteiger partial charge in [-0.05, 0) is 50.9 Å². The Labute approximate surface area is 173 Å². The van der Waals surface area contributed by atoms with Crippen LogP contribution >= 0.6 is 0 Å². The molecule has 7 heteroatoms. The minimum atomic E-state index is 0.00126. The number of hydrogen-bond donors (Lipinski definition) is 0. The van der Waals surface area contributed by atoms with E-state index in [1.165, 1.54) is 0 Å². The number of aromatic nitrogens is 4. The molecule has 1 unspecified atom stereocenters. The van der Waals surface area contributed by atoms with Crippen LogP contribution in [0.1, 0.15) is 76.7 Å². The molecule has 2 aliphatic rings. The summed E-state index contributed by atoms with van der Waals surface area (Å²) in [4.78, 5) is 16.7. The van der Waals surface area contributed by atoms with Crippen LogP contribution in [0.4, 0.5) is 0 Å². The lowest BCUT2D eigenvalue weighted by Gasteiger charge is -2.36. The molecule has 2 saturated heterocycles. The molecule has 2 aromatic rings. The van der Waals surface area contributed by atoms with Gasteiger partial charge in [0.25, 0.3) is 0 Å². The number of rotatable bonds is 3. The zero-order valence-electron chi connectivity index (χ0n) is 18.3. The monoisotopic (exact) mass is 398 g/mol. The van der Waals surface area contributed by atoms with Crippen molar-refractivity contribution < 1.29 is 4.79 Å². The predicted molar refractivity (Wildman–Crippen MR) is 113 cm³/mol. The highest BCUT2D eigenvalue weighted by Crippen LogP contribution is 2.29. The van der Waals surface area contributed by atoms with Crippen LogP contribution in [0.5, 0.6) is 0 Å². The highest BCUT2D eigenvalue weighted by Gasteiger charge is 2.29. The van der Waals surface area contributed by atoms with Crippen molar-refractivity contribution in [2.24, 2.45) is 0 Å². The largest absolute Gasteiger partial charge is 0.341 e. The topological polar surface area (TPSA) is 66.6 Å². The van der Waals surface area contributed by atoms with Crippen LogP contribution in [0.2, 0.25) is 0 Å². The molecule has 7 nitrogen and oxygen atoms in total. The number of fused-ring (bicyclic) bond motifs is 1. The second-order valence-electron chi connectivity index (χ2n) is 9.78. The number of piperidine rings is 1. The van der Waals surface area contributed by atoms with Crippen LogP contribution in [-0.2, 0) is 10.2 Å². The Kier molecular flexibility index (Phi) is 5.60. The molecule has 0 N–H and O–H groups in total. The van der Waals surface area contributed by atoms with E-state index in [0.29, 0.717) is 24.3 Å². The van der Waals surface area contributed by atoms with Crippen LogP contribution < -0.4 is 0 Å². The molecule has 2 fully saturated rings. The third-order valence-electron chi connectivity index (χ3n) is 6.60. The number of amides is 1. The highest BCUT2D eigenvalue weighted by molar-refractivity contribution is 5.76. The highest BCUT2D eigenvalue weighted by atomic mass is 16.2. The zero-order valence-corrected chi connectivity index (χ0v) is 18.3. The van der Waals surface area contributed by atoms with Crippen LogP contribution in [0, 0.1) is 0 Å². The summed E-state index contributed by atoms with van der Waals surface area (Å²) in [7, 11) is 1.98. The number of likely N-dealkylation sites (tertiary alicyclic amines) is 2. The van der Waals surface area contributed by atoms with E-state index in [1.807, 2.05) is 22.5 Å². The van der Waals surface area contributed by atoms with Crippen molar-refractivity contribution in [3.8, 4) is 0 Å². The lowest BCUT2D eigenvalue weighted by atomic mass is 9.92. The van der Waals surface area contributed by atoms with Crippen LogP contribution in [-0.4, -0.2) is 68.2 Å². The first-order chi connectivity index (χ1) is 13.8. The molecule has 0 aliphatic carbocycles. The zero-order chi connectivity index (χ0) is 20.6. The van der Waals surface area contributed by atoms with Gasteiger partial charge in [-0.25, -0.2) is 0 Å². The summed E-state index contributed by atoms with van der Waals surface area (Å²) >= 11 is 0. The normalized spacial score (nSPS) is 23.0. The lowest BCUT2D eigenvalue weighted by molar-refractivity contribution is -0.131. The summed E-state index contributed by atoms with van der Waals surface area (Å²) in [5, 5.41) is 13.7. The number of likely N-dealkylation sites (N-methyl/N-ethyl adjacent to an activating group) is 1. The van der Waals surface area contributed by atoms with Gasteiger partial charge in [0, 0.05) is 37.4 Å². The van der Waals surface area contributed by atoms with E-state index in [4.69, 9.17) is 5.10 Å². The Hall–Kier alpha value is -2.02. The van der Waals surface area contributed by atoms with Crippen molar-refractivity contribution in [3.05, 3.63) is 23.7 Å². The van der Waals surface area contributed by atoms with Gasteiger partial charge in [0.05, 0.1) is 5.69 Å². The van der Waals surface area contributed by atoms with Crippen molar-refractivity contribution in [2.45, 2.75) is 76.7 Å². The maximum Gasteiger partial charge on any atom is 0.222 e. The summed E-state index contributed by atoms with van der Waals surface area (Å²) < 4.78 is 1.96. The lowest BCUT2D eigenvalue weighted by Crippen LogP contribution is -2.46. The van der Waals surface area contributed by atoms with Crippen molar-refractivity contribution in [1.82, 2.24) is 29.6 Å². The van der Waals surface area contributed by atoms with E-state index in [2.05, 4.69) is 41.9 Å². The van der Waals surface area contributed by atoms with E-state index in [9.17, 15) is 4.79 Å². The molecule has 0 radical (unpaired) electrons. The summed E-state index contributed by atoms with van der Waals surface area (Å²) in [5.74, 6) is 1.68. The third-order valence-corrected chi connectivity index (χ3v) is 6.60. The van der Waals surface area contributed by atoms with Crippen molar-refractivity contribution >= 4 is 11.6 Å². The molecule has 4 heterocycles. The minimum absolute atomic E-state index is 0.00126. The summed E-state index contributed by atoms with van der Waals surface area (Å²) in [6, 6.07) is 4.44. The smallest absolute Gasteiger partial charge is 0.222 e. The molecule has 0 saturated carbocycles. The van der Waals surface area contributed by atoms with Crippen molar-refractivity contribution in [2.75, 3.05) is 26.7 Å². The standard InChI is InChI=1S/C22H34N6O/c1-22(2,3)18-9-10-19-23-24-21(28(19)25-18)16-11-13-27(14-12-16)15-17-7-5-6-8-20(29)26(17)4/h9-10,16-17H,5-8,11-15H2,1-4H3. The SMILES string of the molecule is CN1C(=O)CCCCC1CN1CCC(c2nnc3ccc(C(C)(C)C)nn23)CC1. The maximum atomic E-state index is 12.2. The van der Waals surface area contributed by atoms with Gasteiger partial charge in [0.1, 0.15) is 0 Å². The van der Waals surface area contributed by atoms with Gasteiger partial charge >= 0.3 is 0 Å². The second kappa shape index (κ2) is 8.01. The molecule has 0 aromatic carbocycles. The van der Waals surface area contributed by atoms with Crippen LogP contribution in [0.3, 0.4) is 0 Å². The van der Waals surface area contributed by atoms with Gasteiger partial charge in [0.2, 0.25) is 5.91 Å². The van der Waals surface area contributed by atoms with E-state index < -0.39 is 0 Å². The van der Waals surface area contributed by atoms with Gasteiger partial charge in [-0.2, -0.15) is 9.61 Å². The molecule has 0 spiro atoms. The fourth-order valence-electron chi connectivity index (χ4n) is 4.58. The van der Waals surface area contributed by atoms with Gasteiger partial charge < -0.3 is 9.80 Å². The number of carbonyl (C=O) groups is 1. The van der Waals surface area contributed by atoms with Crippen LogP contribution in [0.25, 0.3) is 5.65 Å². The quantitative estimate of drug-likeness (QED) is 0.795. The average Bonchev–Trinajstić information content (AvgIpc) is 3.06. The first-order valence-corrected chi connectivity index (χ1v) is 11.0. The molecular weight excluding hydrogens is 364 g/mol. The van der Waals surface area contributed by atoms with Crippen molar-refractivity contribution in [3.63, 3.8) is 0 Å². The second-order valence-corrected chi connectivity index (χ2v) is 9.78. The van der Waals surface area contributed by atoms with Crippen molar-refractivity contribution in [1.29, 1.82) is 0 Å². The fraction of sp³-hybridized carbons (Fsp3) is 0.727. The fourth-order valence-corrected chi connectivity index (χ4v) is 4.58. The average molecular weight is 399 g/mol. The first kappa shape index (κ1) is 20.3.